The lowest BCUT2D eigenvalue weighted by molar-refractivity contribution is 0.0599. The Kier molecular flexibility index (Phi) is 6.70. The van der Waals surface area contributed by atoms with E-state index in [-0.39, 0.29) is 16.7 Å². The van der Waals surface area contributed by atoms with Crippen LogP contribution in [0.4, 0.5) is 5.95 Å². The van der Waals surface area contributed by atoms with Crippen LogP contribution in [0.5, 0.6) is 5.88 Å². The first-order valence-electron chi connectivity index (χ1n) is 13.3. The number of pyridine rings is 1. The molecule has 4 aromatic rings. The summed E-state index contributed by atoms with van der Waals surface area (Å²) in [6.07, 6.45) is 6.34. The highest BCUT2D eigenvalue weighted by atomic mass is 79.9. The molecule has 6 rings (SSSR count). The maximum atomic E-state index is 13.0. The summed E-state index contributed by atoms with van der Waals surface area (Å²) in [7, 11) is 4.68. The van der Waals surface area contributed by atoms with Crippen molar-refractivity contribution < 1.29 is 14.3 Å². The topological polar surface area (TPSA) is 122 Å². The van der Waals surface area contributed by atoms with Crippen molar-refractivity contribution in [2.75, 3.05) is 39.1 Å². The average Bonchev–Trinajstić information content (AvgIpc) is 3.56. The van der Waals surface area contributed by atoms with Gasteiger partial charge in [-0.25, -0.2) is 14.5 Å². The molecular weight excluding hydrogens is 578 g/mol. The van der Waals surface area contributed by atoms with Crippen LogP contribution >= 0.6 is 15.9 Å². The van der Waals surface area contributed by atoms with Gasteiger partial charge in [0.05, 0.1) is 46.6 Å². The molecule has 210 valence electrons. The van der Waals surface area contributed by atoms with E-state index in [9.17, 15) is 9.59 Å². The van der Waals surface area contributed by atoms with E-state index in [2.05, 4.69) is 41.5 Å². The molecule has 2 unspecified atom stereocenters. The predicted molar refractivity (Wildman–Crippen MR) is 154 cm³/mol. The predicted octanol–water partition coefficient (Wildman–Crippen LogP) is 3.16. The van der Waals surface area contributed by atoms with Crippen molar-refractivity contribution in [1.82, 2.24) is 28.8 Å². The second-order valence-electron chi connectivity index (χ2n) is 10.9. The van der Waals surface area contributed by atoms with E-state index in [0.717, 1.165) is 47.9 Å². The summed E-state index contributed by atoms with van der Waals surface area (Å²) in [4.78, 5) is 32.2. The van der Waals surface area contributed by atoms with Gasteiger partial charge in [-0.15, -0.1) is 0 Å². The van der Waals surface area contributed by atoms with Crippen molar-refractivity contribution in [2.45, 2.75) is 24.8 Å². The van der Waals surface area contributed by atoms with Gasteiger partial charge < -0.3 is 24.3 Å². The molecule has 1 saturated carbocycles. The molecule has 1 aliphatic carbocycles. The van der Waals surface area contributed by atoms with E-state index >= 15 is 0 Å². The van der Waals surface area contributed by atoms with Crippen molar-refractivity contribution in [3.63, 3.8) is 0 Å². The molecule has 40 heavy (non-hydrogen) atoms. The van der Waals surface area contributed by atoms with Crippen LogP contribution in [0.2, 0.25) is 0 Å². The van der Waals surface area contributed by atoms with E-state index < -0.39 is 5.97 Å². The summed E-state index contributed by atoms with van der Waals surface area (Å²) in [5, 5.41) is 4.33. The number of imidazole rings is 1. The van der Waals surface area contributed by atoms with Crippen molar-refractivity contribution in [1.29, 1.82) is 0 Å². The van der Waals surface area contributed by atoms with Gasteiger partial charge in [-0.1, -0.05) is 15.9 Å². The first-order chi connectivity index (χ1) is 19.2. The third-order valence-corrected chi connectivity index (χ3v) is 8.76. The van der Waals surface area contributed by atoms with Crippen LogP contribution in [0.3, 0.4) is 0 Å². The summed E-state index contributed by atoms with van der Waals surface area (Å²) in [6.45, 7) is 2.98. The van der Waals surface area contributed by atoms with Gasteiger partial charge in [-0.05, 0) is 49.4 Å². The van der Waals surface area contributed by atoms with E-state index in [1.54, 1.807) is 25.0 Å². The van der Waals surface area contributed by atoms with Gasteiger partial charge >= 0.3 is 5.97 Å². The number of hydrogen-bond acceptors (Lipinski definition) is 8. The molecule has 3 aromatic heterocycles. The number of aryl methyl sites for hydroxylation is 2. The summed E-state index contributed by atoms with van der Waals surface area (Å²) in [5.41, 5.74) is 9.25. The van der Waals surface area contributed by atoms with Gasteiger partial charge in [-0.3, -0.25) is 9.69 Å². The molecule has 4 heterocycles. The summed E-state index contributed by atoms with van der Waals surface area (Å²) < 4.78 is 17.3. The van der Waals surface area contributed by atoms with Crippen molar-refractivity contribution in [3.8, 4) is 17.0 Å². The third kappa shape index (κ3) is 4.48. The minimum Gasteiger partial charge on any atom is -0.476 e. The van der Waals surface area contributed by atoms with Gasteiger partial charge in [0.2, 0.25) is 11.8 Å². The number of hydrogen-bond donors (Lipinski definition) is 1. The van der Waals surface area contributed by atoms with Gasteiger partial charge in [0.25, 0.3) is 5.56 Å². The maximum absolute atomic E-state index is 13.0. The molecule has 2 N–H and O–H groups in total. The highest BCUT2D eigenvalue weighted by Gasteiger charge is 2.47. The fourth-order valence-corrected chi connectivity index (χ4v) is 6.91. The molecule has 2 bridgehead atoms. The van der Waals surface area contributed by atoms with Crippen LogP contribution in [0.15, 0.2) is 45.9 Å². The number of nitrogen functional groups attached to an aromatic ring is 1. The molecular formula is C28H32BrN7O4. The number of nitrogens with two attached hydrogens (primary N) is 1. The zero-order valence-electron chi connectivity index (χ0n) is 22.8. The molecule has 1 aliphatic heterocycles. The van der Waals surface area contributed by atoms with Crippen molar-refractivity contribution >= 4 is 38.9 Å². The maximum Gasteiger partial charge on any atom is 0.339 e. The Balaban J connectivity index is 1.22. The Morgan fingerprint density at radius 3 is 2.88 bits per heavy atom. The van der Waals surface area contributed by atoms with Crippen LogP contribution in [-0.2, 0) is 24.4 Å². The van der Waals surface area contributed by atoms with Gasteiger partial charge in [-0.2, -0.15) is 5.10 Å². The SMILES string of the molecule is COC(=O)c1cc(-c2cnn(C)c2OCCN2CC3CCC(n4c(N)nc5ccc(Br)cc54)(C3)C2)c(=O)n(C)c1. The zero-order chi connectivity index (χ0) is 28.2. The number of anilines is 1. The minimum absolute atomic E-state index is 0.110. The van der Waals surface area contributed by atoms with Crippen LogP contribution in [0.1, 0.15) is 29.6 Å². The fraction of sp³-hybridized carbons (Fsp3) is 0.429. The number of halogens is 1. The van der Waals surface area contributed by atoms with E-state index in [1.807, 2.05) is 12.1 Å². The van der Waals surface area contributed by atoms with Crippen molar-refractivity contribution in [3.05, 3.63) is 57.0 Å². The molecule has 11 nitrogen and oxygen atoms in total. The van der Waals surface area contributed by atoms with Gasteiger partial charge in [0.1, 0.15) is 6.61 Å². The Morgan fingerprint density at radius 2 is 2.08 bits per heavy atom. The number of methoxy groups -OCH3 is 1. The monoisotopic (exact) mass is 609 g/mol. The molecule has 0 amide bonds. The Bertz CT molecular complexity index is 1680. The number of ether oxygens (including phenoxy) is 2. The van der Waals surface area contributed by atoms with E-state index in [4.69, 9.17) is 15.2 Å². The molecule has 0 spiro atoms. The fourth-order valence-electron chi connectivity index (χ4n) is 6.56. The molecule has 12 heteroatoms. The number of benzene rings is 1. The molecule has 1 saturated heterocycles. The highest BCUT2D eigenvalue weighted by molar-refractivity contribution is 9.10. The largest absolute Gasteiger partial charge is 0.476 e. The van der Waals surface area contributed by atoms with Crippen LogP contribution < -0.4 is 16.0 Å². The Morgan fingerprint density at radius 1 is 1.25 bits per heavy atom. The number of carbonyl (C=O) groups excluding carboxylic acids is 1. The molecule has 1 aromatic carbocycles. The number of fused-ring (bicyclic) bond motifs is 3. The van der Waals surface area contributed by atoms with Gasteiger partial charge in [0, 0.05) is 44.4 Å². The van der Waals surface area contributed by atoms with Crippen LogP contribution in [-0.4, -0.2) is 68.1 Å². The Labute approximate surface area is 239 Å². The summed E-state index contributed by atoms with van der Waals surface area (Å²) in [5.74, 6) is 1.09. The number of carbonyl (C=O) groups is 1. The van der Waals surface area contributed by atoms with Crippen LogP contribution in [0.25, 0.3) is 22.2 Å². The van der Waals surface area contributed by atoms with Crippen molar-refractivity contribution in [2.24, 2.45) is 20.0 Å². The number of piperidine rings is 1. The van der Waals surface area contributed by atoms with E-state index in [0.29, 0.717) is 42.0 Å². The number of nitrogens with zero attached hydrogens (tertiary/aromatic N) is 6. The Hall–Kier alpha value is -3.64. The van der Waals surface area contributed by atoms with Gasteiger partial charge in [0.15, 0.2) is 0 Å². The lowest BCUT2D eigenvalue weighted by Crippen LogP contribution is -2.49. The lowest BCUT2D eigenvalue weighted by atomic mass is 9.90. The third-order valence-electron chi connectivity index (χ3n) is 8.26. The summed E-state index contributed by atoms with van der Waals surface area (Å²) in [6, 6.07) is 7.63. The number of rotatable bonds is 7. The number of likely N-dealkylation sites (tertiary alicyclic amines) is 1. The highest BCUT2D eigenvalue weighted by Crippen LogP contribution is 2.47. The number of esters is 1. The molecule has 2 atom stereocenters. The first kappa shape index (κ1) is 26.6. The second-order valence-corrected chi connectivity index (χ2v) is 11.8. The first-order valence-corrected chi connectivity index (χ1v) is 14.1. The molecule has 2 fully saturated rings. The standard InChI is InChI=1S/C28H32BrN7O4/c1-33-15-18(26(38)39-3)10-20(24(33)37)21-13-31-34(2)25(21)40-9-8-35-14-17-6-7-28(12-17,16-35)36-23-11-19(29)4-5-22(23)32-27(36)30/h4-5,10-11,13,15,17H,6-9,12,14,16H2,1-3H3,(H2,30,32). The number of aromatic nitrogens is 5. The average molecular weight is 611 g/mol. The molecule has 2 aliphatic rings. The zero-order valence-corrected chi connectivity index (χ0v) is 24.3. The lowest BCUT2D eigenvalue weighted by Gasteiger charge is -2.42. The smallest absolute Gasteiger partial charge is 0.339 e. The quantitative estimate of drug-likeness (QED) is 0.317. The van der Waals surface area contributed by atoms with Crippen LogP contribution in [0, 0.1) is 5.92 Å². The normalized spacial score (nSPS) is 20.8. The minimum atomic E-state index is -0.518. The second kappa shape index (κ2) is 10.1. The molecule has 0 radical (unpaired) electrons. The summed E-state index contributed by atoms with van der Waals surface area (Å²) >= 11 is 3.61. The van der Waals surface area contributed by atoms with E-state index in [1.165, 1.54) is 23.9 Å².